The molecule has 0 bridgehead atoms. The van der Waals surface area contributed by atoms with Gasteiger partial charge in [0, 0.05) is 19.5 Å². The Labute approximate surface area is 138 Å². The molecule has 2 aromatic rings. The van der Waals surface area contributed by atoms with Crippen LogP contribution in [-0.4, -0.2) is 5.78 Å². The van der Waals surface area contributed by atoms with Gasteiger partial charge in [0.2, 0.25) is 0 Å². The van der Waals surface area contributed by atoms with Gasteiger partial charge in [-0.05, 0) is 30.3 Å². The van der Waals surface area contributed by atoms with E-state index in [9.17, 15) is 4.79 Å². The van der Waals surface area contributed by atoms with E-state index in [1.165, 1.54) is 0 Å². The van der Waals surface area contributed by atoms with Crippen LogP contribution in [0.4, 0.5) is 0 Å². The number of carbonyl (C=O) groups excluding carboxylic acids is 1. The lowest BCUT2D eigenvalue weighted by molar-refractivity contribution is 0.0849. The van der Waals surface area contributed by atoms with Gasteiger partial charge in [-0.2, -0.15) is 0 Å². The van der Waals surface area contributed by atoms with Crippen molar-refractivity contribution in [2.24, 2.45) is 0 Å². The first-order valence-corrected chi connectivity index (χ1v) is 7.95. The summed E-state index contributed by atoms with van der Waals surface area (Å²) in [4.78, 5) is 12.2. The van der Waals surface area contributed by atoms with E-state index in [4.69, 9.17) is 16.3 Å². The molecule has 20 heavy (non-hydrogen) atoms. The zero-order valence-corrected chi connectivity index (χ0v) is 14.1. The van der Waals surface area contributed by atoms with E-state index < -0.39 is 0 Å². The Balaban J connectivity index is 2.00. The summed E-state index contributed by atoms with van der Waals surface area (Å²) < 4.78 is 7.70. The van der Waals surface area contributed by atoms with Gasteiger partial charge in [-0.15, -0.1) is 0 Å². The van der Waals surface area contributed by atoms with Crippen LogP contribution in [0.2, 0.25) is 5.02 Å². The van der Waals surface area contributed by atoms with Gasteiger partial charge in [-0.1, -0.05) is 49.5 Å². The van der Waals surface area contributed by atoms with E-state index in [0.717, 1.165) is 14.5 Å². The number of halogens is 3. The lowest BCUT2D eigenvalue weighted by Crippen LogP contribution is -2.20. The van der Waals surface area contributed by atoms with Crippen LogP contribution >= 0.6 is 43.5 Å². The Kier molecular flexibility index (Phi) is 3.89. The molecule has 1 atom stereocenters. The van der Waals surface area contributed by atoms with E-state index in [-0.39, 0.29) is 11.9 Å². The van der Waals surface area contributed by atoms with E-state index in [2.05, 4.69) is 31.9 Å². The molecule has 0 fully saturated rings. The molecule has 5 heteroatoms. The standard InChI is InChI=1S/C15H9Br2ClO2/c16-8-1-3-11-13(19)7-15(20-14(11)5-8)10-4-2-9(18)6-12(10)17/h1-6,15H,7H2. The van der Waals surface area contributed by atoms with Crippen LogP contribution in [0.15, 0.2) is 45.3 Å². The molecular formula is C15H9Br2ClO2. The minimum Gasteiger partial charge on any atom is -0.484 e. The molecule has 0 aromatic heterocycles. The zero-order valence-electron chi connectivity index (χ0n) is 10.2. The highest BCUT2D eigenvalue weighted by Crippen LogP contribution is 2.39. The van der Waals surface area contributed by atoms with Crippen molar-refractivity contribution >= 4 is 49.2 Å². The number of rotatable bonds is 1. The Bertz CT molecular complexity index is 700. The van der Waals surface area contributed by atoms with E-state index in [1.54, 1.807) is 18.2 Å². The molecule has 2 nitrogen and oxygen atoms in total. The van der Waals surface area contributed by atoms with Gasteiger partial charge in [0.25, 0.3) is 0 Å². The summed E-state index contributed by atoms with van der Waals surface area (Å²) in [5.41, 5.74) is 1.56. The van der Waals surface area contributed by atoms with Crippen LogP contribution in [0, 0.1) is 0 Å². The molecule has 0 aliphatic carbocycles. The van der Waals surface area contributed by atoms with Crippen LogP contribution in [-0.2, 0) is 0 Å². The number of ether oxygens (including phenoxy) is 1. The highest BCUT2D eigenvalue weighted by molar-refractivity contribution is 9.10. The first-order valence-electron chi connectivity index (χ1n) is 5.99. The van der Waals surface area contributed by atoms with Gasteiger partial charge in [0.1, 0.15) is 11.9 Å². The van der Waals surface area contributed by atoms with Crippen molar-refractivity contribution in [3.63, 3.8) is 0 Å². The van der Waals surface area contributed by atoms with Gasteiger partial charge in [-0.25, -0.2) is 0 Å². The maximum atomic E-state index is 12.2. The molecule has 0 radical (unpaired) electrons. The monoisotopic (exact) mass is 414 g/mol. The smallest absolute Gasteiger partial charge is 0.170 e. The van der Waals surface area contributed by atoms with Crippen molar-refractivity contribution in [2.75, 3.05) is 0 Å². The minimum atomic E-state index is -0.295. The highest BCUT2D eigenvalue weighted by atomic mass is 79.9. The molecule has 1 heterocycles. The Morgan fingerprint density at radius 3 is 2.70 bits per heavy atom. The number of carbonyl (C=O) groups is 1. The third kappa shape index (κ3) is 2.65. The molecule has 0 saturated carbocycles. The molecule has 0 saturated heterocycles. The predicted molar refractivity (Wildman–Crippen MR) is 85.6 cm³/mol. The van der Waals surface area contributed by atoms with E-state index in [1.807, 2.05) is 18.2 Å². The van der Waals surface area contributed by atoms with Crippen molar-refractivity contribution in [1.29, 1.82) is 0 Å². The molecule has 102 valence electrons. The van der Waals surface area contributed by atoms with Crippen LogP contribution in [0.1, 0.15) is 28.4 Å². The van der Waals surface area contributed by atoms with E-state index in [0.29, 0.717) is 22.8 Å². The van der Waals surface area contributed by atoms with Crippen molar-refractivity contribution < 1.29 is 9.53 Å². The van der Waals surface area contributed by atoms with Crippen molar-refractivity contribution in [1.82, 2.24) is 0 Å². The van der Waals surface area contributed by atoms with Gasteiger partial charge in [0.15, 0.2) is 5.78 Å². The molecule has 1 aliphatic rings. The van der Waals surface area contributed by atoms with Crippen LogP contribution < -0.4 is 4.74 Å². The Hall–Kier alpha value is -0.840. The van der Waals surface area contributed by atoms with Gasteiger partial charge in [-0.3, -0.25) is 4.79 Å². The predicted octanol–water partition coefficient (Wildman–Crippen LogP) is 5.57. The number of Topliss-reactive ketones (excluding diaryl/α,β-unsaturated/α-hetero) is 1. The van der Waals surface area contributed by atoms with Crippen molar-refractivity contribution in [3.8, 4) is 5.75 Å². The van der Waals surface area contributed by atoms with Gasteiger partial charge < -0.3 is 4.74 Å². The summed E-state index contributed by atoms with van der Waals surface area (Å²) in [6.45, 7) is 0. The van der Waals surface area contributed by atoms with E-state index >= 15 is 0 Å². The summed E-state index contributed by atoms with van der Waals surface area (Å²) >= 11 is 12.8. The molecule has 1 aliphatic heterocycles. The lowest BCUT2D eigenvalue weighted by atomic mass is 9.96. The molecule has 0 spiro atoms. The second-order valence-corrected chi connectivity index (χ2v) is 6.75. The fourth-order valence-corrected chi connectivity index (χ4v) is 3.51. The summed E-state index contributed by atoms with van der Waals surface area (Å²) in [6, 6.07) is 10.9. The first-order chi connectivity index (χ1) is 9.54. The van der Waals surface area contributed by atoms with Crippen LogP contribution in [0.25, 0.3) is 0 Å². The number of benzene rings is 2. The fourth-order valence-electron chi connectivity index (χ4n) is 2.23. The number of hydrogen-bond donors (Lipinski definition) is 0. The quantitative estimate of drug-likeness (QED) is 0.607. The van der Waals surface area contributed by atoms with Gasteiger partial charge in [0.05, 0.1) is 12.0 Å². The maximum Gasteiger partial charge on any atom is 0.170 e. The average molecular weight is 416 g/mol. The average Bonchev–Trinajstić information content (AvgIpc) is 2.37. The Morgan fingerprint density at radius 2 is 1.95 bits per heavy atom. The topological polar surface area (TPSA) is 26.3 Å². The highest BCUT2D eigenvalue weighted by Gasteiger charge is 2.28. The van der Waals surface area contributed by atoms with Crippen LogP contribution in [0.5, 0.6) is 5.75 Å². The van der Waals surface area contributed by atoms with Gasteiger partial charge >= 0.3 is 0 Å². The third-order valence-corrected chi connectivity index (χ3v) is 4.61. The molecule has 2 aromatic carbocycles. The second-order valence-electron chi connectivity index (χ2n) is 4.54. The molecular weight excluding hydrogens is 407 g/mol. The lowest BCUT2D eigenvalue weighted by Gasteiger charge is -2.26. The minimum absolute atomic E-state index is 0.0885. The molecule has 3 rings (SSSR count). The van der Waals surface area contributed by atoms with Crippen molar-refractivity contribution in [3.05, 3.63) is 61.5 Å². The summed E-state index contributed by atoms with van der Waals surface area (Å²) in [5.74, 6) is 0.702. The second kappa shape index (κ2) is 5.51. The molecule has 0 N–H and O–H groups in total. The SMILES string of the molecule is O=C1CC(c2ccc(Cl)cc2Br)Oc2cc(Br)ccc21. The maximum absolute atomic E-state index is 12.2. The number of fused-ring (bicyclic) bond motifs is 1. The molecule has 0 amide bonds. The molecule has 1 unspecified atom stereocenters. The summed E-state index contributed by atoms with van der Waals surface area (Å²) in [6.07, 6.45) is 0.0328. The fraction of sp³-hybridized carbons (Fsp3) is 0.133. The first kappa shape index (κ1) is 14.1. The normalized spacial score (nSPS) is 17.6. The number of hydrogen-bond acceptors (Lipinski definition) is 2. The summed E-state index contributed by atoms with van der Waals surface area (Å²) in [5, 5.41) is 0.644. The van der Waals surface area contributed by atoms with Crippen molar-refractivity contribution in [2.45, 2.75) is 12.5 Å². The largest absolute Gasteiger partial charge is 0.484 e. The van der Waals surface area contributed by atoms with Crippen LogP contribution in [0.3, 0.4) is 0 Å². The zero-order chi connectivity index (χ0) is 14.3. The number of ketones is 1. The Morgan fingerprint density at radius 1 is 1.15 bits per heavy atom. The summed E-state index contributed by atoms with van der Waals surface area (Å²) in [7, 11) is 0. The third-order valence-electron chi connectivity index (χ3n) is 3.19.